The molecule has 118 valence electrons. The van der Waals surface area contributed by atoms with E-state index < -0.39 is 14.1 Å². The summed E-state index contributed by atoms with van der Waals surface area (Å²) >= 11 is 1.35. The van der Waals surface area contributed by atoms with Gasteiger partial charge in [-0.1, -0.05) is 26.8 Å². The van der Waals surface area contributed by atoms with Crippen molar-refractivity contribution in [2.45, 2.75) is 38.9 Å². The number of hydrogen-bond donors (Lipinski definition) is 0. The summed E-state index contributed by atoms with van der Waals surface area (Å²) in [5.74, 6) is -0.142. The molecule has 1 aromatic heterocycles. The molecular weight excluding hydrogens is 315 g/mol. The average Bonchev–Trinajstić information content (AvgIpc) is 2.92. The summed E-state index contributed by atoms with van der Waals surface area (Å²) in [6, 6.07) is 7.73. The van der Waals surface area contributed by atoms with Crippen molar-refractivity contribution in [1.29, 1.82) is 0 Å². The molecule has 0 aliphatic heterocycles. The first kappa shape index (κ1) is 16.9. The lowest BCUT2D eigenvalue weighted by molar-refractivity contribution is 0.104. The molecule has 0 N–H and O–H groups in total. The van der Waals surface area contributed by atoms with Crippen LogP contribution in [0.15, 0.2) is 35.7 Å². The molecule has 22 heavy (non-hydrogen) atoms. The predicted octanol–water partition coefficient (Wildman–Crippen LogP) is 5.50. The fourth-order valence-corrected chi connectivity index (χ4v) is 3.45. The molecule has 0 spiro atoms. The summed E-state index contributed by atoms with van der Waals surface area (Å²) < 4.78 is 19.9. The fourth-order valence-electron chi connectivity index (χ4n) is 1.74. The van der Waals surface area contributed by atoms with Crippen molar-refractivity contribution in [2.24, 2.45) is 0 Å². The molecule has 0 saturated carbocycles. The molecule has 0 aliphatic rings. The number of carbonyl (C=O) groups is 1. The van der Waals surface area contributed by atoms with Crippen molar-refractivity contribution in [3.63, 3.8) is 0 Å². The van der Waals surface area contributed by atoms with Crippen LogP contribution in [0.1, 0.15) is 36.0 Å². The maximum absolute atomic E-state index is 13.6. The standard InChI is InChI=1S/C17H21FO2SSi/c1-17(2,3)22(4,5)20-14-9-8-12(18)11-13(14)16(19)15-7-6-10-21-15/h6-11H,1-5H3. The lowest BCUT2D eigenvalue weighted by Crippen LogP contribution is -2.44. The smallest absolute Gasteiger partial charge is 0.250 e. The van der Waals surface area contributed by atoms with E-state index in [4.69, 9.17) is 4.43 Å². The molecule has 0 fully saturated rings. The summed E-state index contributed by atoms with van der Waals surface area (Å²) in [4.78, 5) is 13.2. The Morgan fingerprint density at radius 1 is 1.23 bits per heavy atom. The van der Waals surface area contributed by atoms with Crippen LogP contribution in [-0.2, 0) is 0 Å². The van der Waals surface area contributed by atoms with Gasteiger partial charge in [0.2, 0.25) is 5.78 Å². The van der Waals surface area contributed by atoms with E-state index in [9.17, 15) is 9.18 Å². The minimum absolute atomic E-state index is 0.00460. The summed E-state index contributed by atoms with van der Waals surface area (Å²) in [5, 5.41) is 1.84. The largest absolute Gasteiger partial charge is 0.543 e. The van der Waals surface area contributed by atoms with Crippen molar-refractivity contribution in [1.82, 2.24) is 0 Å². The van der Waals surface area contributed by atoms with Crippen LogP contribution in [0, 0.1) is 5.82 Å². The zero-order chi connectivity index (χ0) is 16.5. The number of rotatable bonds is 4. The van der Waals surface area contributed by atoms with Crippen molar-refractivity contribution in [3.8, 4) is 5.75 Å². The van der Waals surface area contributed by atoms with Gasteiger partial charge in [-0.15, -0.1) is 11.3 Å². The lowest BCUT2D eigenvalue weighted by Gasteiger charge is -2.36. The monoisotopic (exact) mass is 336 g/mol. The quantitative estimate of drug-likeness (QED) is 0.544. The van der Waals surface area contributed by atoms with E-state index in [1.165, 1.54) is 23.5 Å². The Balaban J connectivity index is 2.43. The van der Waals surface area contributed by atoms with Crippen LogP contribution in [0.3, 0.4) is 0 Å². The van der Waals surface area contributed by atoms with Gasteiger partial charge in [0.05, 0.1) is 10.4 Å². The van der Waals surface area contributed by atoms with Gasteiger partial charge in [0.25, 0.3) is 8.32 Å². The Bertz CT molecular complexity index is 672. The zero-order valence-corrected chi connectivity index (χ0v) is 15.4. The first-order valence-electron chi connectivity index (χ1n) is 7.18. The number of halogens is 1. The zero-order valence-electron chi connectivity index (χ0n) is 13.6. The maximum Gasteiger partial charge on any atom is 0.250 e. The first-order valence-corrected chi connectivity index (χ1v) is 11.0. The molecule has 1 aromatic carbocycles. The summed E-state index contributed by atoms with van der Waals surface area (Å²) in [5.41, 5.74) is 0.298. The Morgan fingerprint density at radius 2 is 1.91 bits per heavy atom. The van der Waals surface area contributed by atoms with E-state index in [-0.39, 0.29) is 10.8 Å². The maximum atomic E-state index is 13.6. The van der Waals surface area contributed by atoms with Gasteiger partial charge in [-0.25, -0.2) is 4.39 Å². The van der Waals surface area contributed by atoms with Crippen molar-refractivity contribution < 1.29 is 13.6 Å². The van der Waals surface area contributed by atoms with Crippen LogP contribution in [0.4, 0.5) is 4.39 Å². The van der Waals surface area contributed by atoms with Gasteiger partial charge in [0.1, 0.15) is 11.6 Å². The van der Waals surface area contributed by atoms with E-state index in [2.05, 4.69) is 33.9 Å². The third-order valence-electron chi connectivity index (χ3n) is 4.10. The molecule has 0 aliphatic carbocycles. The van der Waals surface area contributed by atoms with Gasteiger partial charge in [-0.2, -0.15) is 0 Å². The lowest BCUT2D eigenvalue weighted by atomic mass is 10.1. The van der Waals surface area contributed by atoms with Crippen LogP contribution in [0.5, 0.6) is 5.75 Å². The first-order chi connectivity index (χ1) is 10.1. The summed E-state index contributed by atoms with van der Waals surface area (Å²) in [6.45, 7) is 10.6. The van der Waals surface area contributed by atoms with Crippen LogP contribution in [-0.4, -0.2) is 14.1 Å². The van der Waals surface area contributed by atoms with Crippen LogP contribution < -0.4 is 4.43 Å². The van der Waals surface area contributed by atoms with Crippen LogP contribution in [0.25, 0.3) is 0 Å². The molecule has 0 radical (unpaired) electrons. The molecule has 2 rings (SSSR count). The van der Waals surface area contributed by atoms with Gasteiger partial charge in [0.15, 0.2) is 0 Å². The molecule has 0 bridgehead atoms. The average molecular weight is 337 g/mol. The van der Waals surface area contributed by atoms with Crippen molar-refractivity contribution in [3.05, 3.63) is 52.0 Å². The summed E-state index contributed by atoms with van der Waals surface area (Å²) in [7, 11) is -2.10. The molecule has 2 aromatic rings. The second-order valence-corrected chi connectivity index (χ2v) is 12.5. The SMILES string of the molecule is CC(C)(C)[Si](C)(C)Oc1ccc(F)cc1C(=O)c1cccs1. The number of carbonyl (C=O) groups excluding carboxylic acids is 1. The normalized spacial score (nSPS) is 12.3. The van der Waals surface area contributed by atoms with E-state index in [1.54, 1.807) is 12.1 Å². The third kappa shape index (κ3) is 3.47. The number of benzene rings is 1. The third-order valence-corrected chi connectivity index (χ3v) is 9.31. The highest BCUT2D eigenvalue weighted by molar-refractivity contribution is 7.12. The van der Waals surface area contributed by atoms with E-state index in [0.29, 0.717) is 16.2 Å². The number of ketones is 1. The Labute approximate surface area is 136 Å². The molecule has 0 saturated heterocycles. The second kappa shape index (κ2) is 5.97. The van der Waals surface area contributed by atoms with Gasteiger partial charge in [0, 0.05) is 0 Å². The Hall–Kier alpha value is -1.46. The highest BCUT2D eigenvalue weighted by atomic mass is 32.1. The Kier molecular flexibility index (Phi) is 4.59. The highest BCUT2D eigenvalue weighted by Gasteiger charge is 2.39. The van der Waals surface area contributed by atoms with Crippen LogP contribution >= 0.6 is 11.3 Å². The highest BCUT2D eigenvalue weighted by Crippen LogP contribution is 2.38. The second-order valence-electron chi connectivity index (χ2n) is 6.81. The number of thiophene rings is 1. The van der Waals surface area contributed by atoms with Gasteiger partial charge < -0.3 is 4.43 Å². The molecule has 2 nitrogen and oxygen atoms in total. The number of hydrogen-bond acceptors (Lipinski definition) is 3. The Morgan fingerprint density at radius 3 is 2.45 bits per heavy atom. The topological polar surface area (TPSA) is 26.3 Å². The minimum atomic E-state index is -2.10. The van der Waals surface area contributed by atoms with Crippen LogP contribution in [0.2, 0.25) is 18.1 Å². The molecular formula is C17H21FO2SSi. The molecule has 0 unspecified atom stereocenters. The van der Waals surface area contributed by atoms with Gasteiger partial charge in [-0.05, 0) is 47.8 Å². The summed E-state index contributed by atoms with van der Waals surface area (Å²) in [6.07, 6.45) is 0. The minimum Gasteiger partial charge on any atom is -0.543 e. The van der Waals surface area contributed by atoms with E-state index in [1.807, 2.05) is 11.4 Å². The van der Waals surface area contributed by atoms with Crippen molar-refractivity contribution >= 4 is 25.4 Å². The van der Waals surface area contributed by atoms with Crippen molar-refractivity contribution in [2.75, 3.05) is 0 Å². The molecule has 5 heteroatoms. The van der Waals surface area contributed by atoms with Gasteiger partial charge >= 0.3 is 0 Å². The van der Waals surface area contributed by atoms with E-state index in [0.717, 1.165) is 0 Å². The van der Waals surface area contributed by atoms with Gasteiger partial charge in [-0.3, -0.25) is 4.79 Å². The predicted molar refractivity (Wildman–Crippen MR) is 92.0 cm³/mol. The molecule has 0 amide bonds. The molecule has 0 atom stereocenters. The fraction of sp³-hybridized carbons (Fsp3) is 0.353. The van der Waals surface area contributed by atoms with E-state index >= 15 is 0 Å². The molecule has 1 heterocycles.